The molecule has 3 unspecified atom stereocenters. The highest BCUT2D eigenvalue weighted by atomic mass is 31.2. The van der Waals surface area contributed by atoms with Gasteiger partial charge in [-0.25, -0.2) is 28.8 Å². The minimum Gasteiger partial charge on any atom is -0.436 e. The fourth-order valence-electron chi connectivity index (χ4n) is 3.44. The second kappa shape index (κ2) is 15.7. The van der Waals surface area contributed by atoms with Crippen LogP contribution in [-0.4, -0.2) is 64.2 Å². The number of aromatic nitrogens is 4. The molecule has 1 saturated heterocycles. The van der Waals surface area contributed by atoms with Gasteiger partial charge in [-0.1, -0.05) is 18.7 Å². The van der Waals surface area contributed by atoms with Gasteiger partial charge in [0, 0.05) is 7.11 Å². The number of carbonyl (C=O) groups excluding carboxylic acids is 1. The third-order valence-corrected chi connectivity index (χ3v) is 6.82. The molecular weight excluding hydrogens is 533 g/mol. The molecule has 0 spiro atoms. The van der Waals surface area contributed by atoms with Crippen molar-refractivity contribution in [2.24, 2.45) is 0 Å². The van der Waals surface area contributed by atoms with E-state index in [0.29, 0.717) is 29.3 Å². The Morgan fingerprint density at radius 2 is 2.13 bits per heavy atom. The molecule has 0 aliphatic carbocycles. The quantitative estimate of drug-likeness (QED) is 0.149. The van der Waals surface area contributed by atoms with Gasteiger partial charge in [0.05, 0.1) is 25.6 Å². The number of halogens is 2. The molecule has 1 aliphatic heterocycles. The van der Waals surface area contributed by atoms with Crippen molar-refractivity contribution in [3.05, 3.63) is 48.8 Å². The van der Waals surface area contributed by atoms with E-state index in [4.69, 9.17) is 24.3 Å². The number of rotatable bonds is 13. The highest BCUT2D eigenvalue weighted by molar-refractivity contribution is 7.45. The van der Waals surface area contributed by atoms with E-state index in [1.165, 1.54) is 18.7 Å². The number of nitrogens with two attached hydrogens (primary N) is 1. The van der Waals surface area contributed by atoms with Gasteiger partial charge < -0.3 is 29.0 Å². The molecule has 14 heteroatoms. The van der Waals surface area contributed by atoms with Crippen LogP contribution in [0.4, 0.5) is 14.6 Å². The van der Waals surface area contributed by atoms with Crippen molar-refractivity contribution in [3.8, 4) is 0 Å². The highest BCUT2D eigenvalue weighted by Crippen LogP contribution is 2.45. The van der Waals surface area contributed by atoms with Gasteiger partial charge in [-0.2, -0.15) is 0 Å². The Bertz CT molecular complexity index is 1150. The van der Waals surface area contributed by atoms with Crippen LogP contribution in [0.15, 0.2) is 48.8 Å². The molecule has 3 heterocycles. The molecule has 0 aromatic carbocycles. The summed E-state index contributed by atoms with van der Waals surface area (Å²) in [5.41, 5.74) is 5.45. The number of hydrogen-bond acceptors (Lipinski definition) is 10. The number of fused-ring (bicyclic) bond motifs is 1. The molecular formula is C25H37F2N6O5P. The van der Waals surface area contributed by atoms with Crippen LogP contribution < -0.4 is 10.8 Å². The van der Waals surface area contributed by atoms with Crippen LogP contribution >= 0.6 is 8.53 Å². The topological polar surface area (TPSA) is 136 Å². The first-order chi connectivity index (χ1) is 18.6. The van der Waals surface area contributed by atoms with Crippen LogP contribution in [0, 0.1) is 0 Å². The number of ether oxygens (including phenoxy) is 2. The van der Waals surface area contributed by atoms with Crippen LogP contribution in [0.2, 0.25) is 0 Å². The van der Waals surface area contributed by atoms with Crippen LogP contribution in [0.1, 0.15) is 46.8 Å². The van der Waals surface area contributed by atoms with E-state index < -0.39 is 33.4 Å². The van der Waals surface area contributed by atoms with Gasteiger partial charge in [0.2, 0.25) is 0 Å². The van der Waals surface area contributed by atoms with E-state index in [1.54, 1.807) is 24.7 Å². The van der Waals surface area contributed by atoms with E-state index in [9.17, 15) is 13.6 Å². The Balaban J connectivity index is 0.000000976. The summed E-state index contributed by atoms with van der Waals surface area (Å²) >= 11 is 0. The molecule has 0 amide bonds. The summed E-state index contributed by atoms with van der Waals surface area (Å²) in [6.07, 6.45) is 5.56. The molecule has 3 N–H and O–H groups in total. The number of allylic oxidation sites excluding steroid dienone is 4. The molecule has 1 aliphatic rings. The van der Waals surface area contributed by atoms with E-state index in [2.05, 4.69) is 26.6 Å². The maximum Gasteiger partial charge on any atom is 0.318 e. The second-order valence-corrected chi connectivity index (χ2v) is 10.0. The molecule has 3 atom stereocenters. The number of hydrogen-bond donors (Lipinski definition) is 2. The summed E-state index contributed by atoms with van der Waals surface area (Å²) in [4.78, 5) is 23.1. The van der Waals surface area contributed by atoms with Gasteiger partial charge in [-0.3, -0.25) is 4.57 Å². The lowest BCUT2D eigenvalue weighted by Gasteiger charge is -2.30. The first kappa shape index (κ1) is 32.4. The summed E-state index contributed by atoms with van der Waals surface area (Å²) < 4.78 is 52.1. The van der Waals surface area contributed by atoms with Crippen molar-refractivity contribution in [2.45, 2.75) is 64.9 Å². The lowest BCUT2D eigenvalue weighted by atomic mass is 10.0. The number of imidazole rings is 1. The Morgan fingerprint density at radius 1 is 1.41 bits per heavy atom. The summed E-state index contributed by atoms with van der Waals surface area (Å²) in [6, 6.07) is 0. The minimum atomic E-state index is -2.84. The zero-order chi connectivity index (χ0) is 29.0. The van der Waals surface area contributed by atoms with Gasteiger partial charge in [0.25, 0.3) is 6.43 Å². The number of alkyl halides is 2. The molecule has 2 aromatic rings. The van der Waals surface area contributed by atoms with E-state index in [-0.39, 0.29) is 25.2 Å². The van der Waals surface area contributed by atoms with Gasteiger partial charge in [-0.15, -0.1) is 0 Å². The fourth-order valence-corrected chi connectivity index (χ4v) is 4.60. The monoisotopic (exact) mass is 570 g/mol. The number of nitrogens with one attached hydrogen (secondary N) is 1. The van der Waals surface area contributed by atoms with Gasteiger partial charge >= 0.3 is 8.53 Å². The summed E-state index contributed by atoms with van der Waals surface area (Å²) in [7, 11) is -0.234. The predicted octanol–water partition coefficient (Wildman–Crippen LogP) is 4.85. The number of nitrogen functional groups attached to an aromatic ring is 1. The Kier molecular flexibility index (Phi) is 13.0. The van der Waals surface area contributed by atoms with E-state index >= 15 is 0 Å². The number of nitrogens with zero attached hydrogens (tertiary/aromatic N) is 4. The summed E-state index contributed by atoms with van der Waals surface area (Å²) in [5.74, 6) is 0.592. The molecule has 2 aromatic heterocycles. The van der Waals surface area contributed by atoms with Crippen LogP contribution in [0.25, 0.3) is 11.2 Å². The Hall–Kier alpha value is -2.83. The zero-order valence-electron chi connectivity index (χ0n) is 22.8. The van der Waals surface area contributed by atoms with Crippen LogP contribution in [-0.2, 0) is 23.3 Å². The molecule has 1 fully saturated rings. The third-order valence-electron chi connectivity index (χ3n) is 5.65. The zero-order valence-corrected chi connectivity index (χ0v) is 23.7. The standard InChI is InChI=1S/C21H27F2N6O4P.C4H10O/c1-4-6-14(3)15(5-2)33-34(28-9-10-30)31-11-21(20(22)23)8-7-16(32-21)29-13-27-17-18(24)25-12-26-19(17)29;1-4(2)5-3/h4-6,10,12-13,16,20,28H,2,7-9,11H2,1,3H3,(H2,24,25,26);4H,1-3H3/b6-4-,15-14-;. The molecule has 0 radical (unpaired) electrons. The number of carbonyl (C=O) groups is 1. The predicted molar refractivity (Wildman–Crippen MR) is 146 cm³/mol. The van der Waals surface area contributed by atoms with Crippen molar-refractivity contribution < 1.29 is 32.1 Å². The first-order valence-corrected chi connectivity index (χ1v) is 13.5. The number of methoxy groups -OCH3 is 1. The number of anilines is 1. The van der Waals surface area contributed by atoms with Gasteiger partial charge in [0.15, 0.2) is 17.1 Å². The largest absolute Gasteiger partial charge is 0.436 e. The lowest BCUT2D eigenvalue weighted by Crippen LogP contribution is -2.42. The minimum absolute atomic E-state index is 0.0220. The van der Waals surface area contributed by atoms with Crippen molar-refractivity contribution >= 4 is 31.8 Å². The second-order valence-electron chi connectivity index (χ2n) is 8.75. The number of aldehydes is 1. The van der Waals surface area contributed by atoms with Crippen molar-refractivity contribution in [2.75, 3.05) is 26.0 Å². The Morgan fingerprint density at radius 3 is 2.72 bits per heavy atom. The average molecular weight is 571 g/mol. The maximum atomic E-state index is 14.2. The summed E-state index contributed by atoms with van der Waals surface area (Å²) in [6.45, 7) is 10.8. The smallest absolute Gasteiger partial charge is 0.318 e. The molecule has 0 saturated carbocycles. The molecule has 39 heavy (non-hydrogen) atoms. The first-order valence-electron chi connectivity index (χ1n) is 12.3. The SMILES string of the molecule is C=C/C(OP(NCC=O)OCC1(C(F)F)CCC(n2cnc3c(N)ncnc32)O1)=C(C)/C=C\C.COC(C)C. The fraction of sp³-hybridized carbons (Fsp3) is 0.520. The van der Waals surface area contributed by atoms with Gasteiger partial charge in [-0.05, 0) is 52.2 Å². The van der Waals surface area contributed by atoms with Crippen molar-refractivity contribution in [1.82, 2.24) is 24.6 Å². The van der Waals surface area contributed by atoms with E-state index in [1.807, 2.05) is 26.8 Å². The lowest BCUT2D eigenvalue weighted by molar-refractivity contribution is -0.164. The maximum absolute atomic E-state index is 14.2. The normalized spacial score (nSPS) is 20.7. The van der Waals surface area contributed by atoms with Gasteiger partial charge in [0.1, 0.15) is 30.1 Å². The third kappa shape index (κ3) is 8.84. The highest BCUT2D eigenvalue weighted by Gasteiger charge is 2.50. The van der Waals surface area contributed by atoms with E-state index in [0.717, 1.165) is 5.57 Å². The average Bonchev–Trinajstić information content (AvgIpc) is 3.55. The van der Waals surface area contributed by atoms with Crippen LogP contribution in [0.3, 0.4) is 0 Å². The summed E-state index contributed by atoms with van der Waals surface area (Å²) in [5, 5.41) is 2.78. The Labute approximate surface area is 228 Å². The molecule has 216 valence electrons. The van der Waals surface area contributed by atoms with Crippen molar-refractivity contribution in [1.29, 1.82) is 0 Å². The molecule has 11 nitrogen and oxygen atoms in total. The molecule has 3 rings (SSSR count). The molecule has 0 bridgehead atoms. The van der Waals surface area contributed by atoms with Crippen LogP contribution in [0.5, 0.6) is 0 Å². The van der Waals surface area contributed by atoms with Crippen molar-refractivity contribution in [3.63, 3.8) is 0 Å².